The van der Waals surface area contributed by atoms with Crippen molar-refractivity contribution in [2.75, 3.05) is 23.7 Å². The zero-order valence-electron chi connectivity index (χ0n) is 20.3. The lowest BCUT2D eigenvalue weighted by Gasteiger charge is -2.38. The number of sulfone groups is 1. The molecule has 0 aromatic heterocycles. The number of anilines is 1. The number of morpholine rings is 1. The molecule has 1 aliphatic rings. The van der Waals surface area contributed by atoms with Gasteiger partial charge in [0.05, 0.1) is 22.7 Å². The monoisotopic (exact) mass is 437 g/mol. The maximum Gasteiger partial charge on any atom is 0.155 e. The van der Waals surface area contributed by atoms with Gasteiger partial charge in [-0.05, 0) is 90.5 Å². The van der Waals surface area contributed by atoms with E-state index in [1.54, 1.807) is 20.8 Å². The summed E-state index contributed by atoms with van der Waals surface area (Å²) >= 11 is 0. The summed E-state index contributed by atoms with van der Waals surface area (Å²) in [4.78, 5) is 2.47. The summed E-state index contributed by atoms with van der Waals surface area (Å²) < 4.78 is 29.6. The molecule has 5 heteroatoms. The van der Waals surface area contributed by atoms with Crippen molar-refractivity contribution in [2.24, 2.45) is 0 Å². The molecule has 2 atom stereocenters. The van der Waals surface area contributed by atoms with E-state index < -0.39 is 14.6 Å². The number of benzene rings is 1. The Hall–Kier alpha value is -1.07. The fraction of sp³-hybridized carbons (Fsp3) is 0.760. The molecule has 1 aromatic carbocycles. The standard InChI is InChI=1S/C25H43NO3S/c1-19-17-26(18-20(2)29-19)24-15-14-23(21(3)22(24)4)13-11-9-8-10-12-16-30(27,28)25(5,6)7/h14-15,19-20H,8-13,16-18H2,1-7H3/t19-,20+. The first-order chi connectivity index (χ1) is 13.9. The Bertz CT molecular complexity index is 785. The number of aryl methyl sites for hydroxylation is 1. The lowest BCUT2D eigenvalue weighted by molar-refractivity contribution is -0.00525. The highest BCUT2D eigenvalue weighted by Gasteiger charge is 2.28. The van der Waals surface area contributed by atoms with E-state index >= 15 is 0 Å². The largest absolute Gasteiger partial charge is 0.372 e. The number of ether oxygens (including phenoxy) is 1. The van der Waals surface area contributed by atoms with Crippen LogP contribution in [0.25, 0.3) is 0 Å². The number of nitrogens with zero attached hydrogens (tertiary/aromatic N) is 1. The molecule has 1 saturated heterocycles. The second-order valence-electron chi connectivity index (χ2n) is 10.1. The van der Waals surface area contributed by atoms with Crippen molar-refractivity contribution >= 4 is 15.5 Å². The third-order valence-corrected chi connectivity index (χ3v) is 9.12. The summed E-state index contributed by atoms with van der Waals surface area (Å²) in [6.07, 6.45) is 6.86. The van der Waals surface area contributed by atoms with Gasteiger partial charge in [-0.3, -0.25) is 0 Å². The highest BCUT2D eigenvalue weighted by Crippen LogP contribution is 2.29. The second kappa shape index (κ2) is 10.5. The Labute approximate surface area is 185 Å². The molecule has 2 rings (SSSR count). The van der Waals surface area contributed by atoms with Crippen molar-refractivity contribution in [1.29, 1.82) is 0 Å². The Morgan fingerprint density at radius 1 is 0.933 bits per heavy atom. The van der Waals surface area contributed by atoms with E-state index in [1.165, 1.54) is 22.4 Å². The first-order valence-corrected chi connectivity index (χ1v) is 13.3. The van der Waals surface area contributed by atoms with Gasteiger partial charge in [-0.25, -0.2) is 8.42 Å². The summed E-state index contributed by atoms with van der Waals surface area (Å²) in [6.45, 7) is 16.1. The molecular weight excluding hydrogens is 394 g/mol. The summed E-state index contributed by atoms with van der Waals surface area (Å²) in [5.74, 6) is 0.315. The van der Waals surface area contributed by atoms with Crippen LogP contribution in [0.5, 0.6) is 0 Å². The van der Waals surface area contributed by atoms with Crippen molar-refractivity contribution in [3.05, 3.63) is 28.8 Å². The van der Waals surface area contributed by atoms with Gasteiger partial charge in [0.15, 0.2) is 9.84 Å². The molecule has 0 unspecified atom stereocenters. The first kappa shape index (κ1) is 25.2. The van der Waals surface area contributed by atoms with Crippen LogP contribution in [0.3, 0.4) is 0 Å². The third-order valence-electron chi connectivity index (χ3n) is 6.42. The summed E-state index contributed by atoms with van der Waals surface area (Å²) in [5, 5.41) is 0. The van der Waals surface area contributed by atoms with Crippen molar-refractivity contribution in [3.8, 4) is 0 Å². The maximum absolute atomic E-state index is 12.2. The van der Waals surface area contributed by atoms with Crippen LogP contribution in [0.4, 0.5) is 5.69 Å². The van der Waals surface area contributed by atoms with Gasteiger partial charge < -0.3 is 9.64 Å². The third kappa shape index (κ3) is 6.71. The zero-order chi connectivity index (χ0) is 22.5. The zero-order valence-corrected chi connectivity index (χ0v) is 21.1. The van der Waals surface area contributed by atoms with Crippen LogP contribution < -0.4 is 4.90 Å². The fourth-order valence-corrected chi connectivity index (χ4v) is 5.49. The van der Waals surface area contributed by atoms with Crippen LogP contribution in [0.2, 0.25) is 0 Å². The van der Waals surface area contributed by atoms with Crippen molar-refractivity contribution in [1.82, 2.24) is 0 Å². The van der Waals surface area contributed by atoms with Gasteiger partial charge in [-0.15, -0.1) is 0 Å². The van der Waals surface area contributed by atoms with Crippen LogP contribution in [-0.2, 0) is 21.0 Å². The molecule has 1 fully saturated rings. The molecule has 4 nitrogen and oxygen atoms in total. The van der Waals surface area contributed by atoms with Crippen LogP contribution in [-0.4, -0.2) is 44.2 Å². The molecule has 1 heterocycles. The highest BCUT2D eigenvalue weighted by molar-refractivity contribution is 7.92. The van der Waals surface area contributed by atoms with E-state index in [0.717, 1.165) is 51.6 Å². The van der Waals surface area contributed by atoms with E-state index in [9.17, 15) is 8.42 Å². The van der Waals surface area contributed by atoms with Gasteiger partial charge in [0.25, 0.3) is 0 Å². The fourth-order valence-electron chi connectivity index (χ4n) is 4.29. The molecule has 30 heavy (non-hydrogen) atoms. The predicted octanol–water partition coefficient (Wildman–Crippen LogP) is 5.62. The average molecular weight is 438 g/mol. The Kier molecular flexibility index (Phi) is 8.81. The normalized spacial score (nSPS) is 20.6. The average Bonchev–Trinajstić information content (AvgIpc) is 2.62. The van der Waals surface area contributed by atoms with Crippen LogP contribution in [0.15, 0.2) is 12.1 Å². The summed E-state index contributed by atoms with van der Waals surface area (Å²) in [7, 11) is -2.98. The van der Waals surface area contributed by atoms with E-state index in [1.807, 2.05) is 0 Å². The highest BCUT2D eigenvalue weighted by atomic mass is 32.2. The summed E-state index contributed by atoms with van der Waals surface area (Å²) in [6, 6.07) is 4.60. The molecule has 0 N–H and O–H groups in total. The van der Waals surface area contributed by atoms with Gasteiger partial charge in [-0.2, -0.15) is 0 Å². The van der Waals surface area contributed by atoms with Crippen molar-refractivity contribution < 1.29 is 13.2 Å². The molecular formula is C25H43NO3S. The molecule has 0 aliphatic carbocycles. The Morgan fingerprint density at radius 3 is 2.10 bits per heavy atom. The minimum atomic E-state index is -2.98. The molecule has 0 bridgehead atoms. The van der Waals surface area contributed by atoms with Gasteiger partial charge in [-0.1, -0.05) is 25.3 Å². The number of hydrogen-bond donors (Lipinski definition) is 0. The van der Waals surface area contributed by atoms with Crippen molar-refractivity contribution in [2.45, 2.75) is 104 Å². The number of hydrogen-bond acceptors (Lipinski definition) is 4. The van der Waals surface area contributed by atoms with E-state index in [-0.39, 0.29) is 12.2 Å². The first-order valence-electron chi connectivity index (χ1n) is 11.6. The maximum atomic E-state index is 12.2. The SMILES string of the molecule is Cc1c(CCCCCCCS(=O)(=O)C(C)(C)C)ccc(N2C[C@@H](C)O[C@@H](C)C2)c1C. The quantitative estimate of drug-likeness (QED) is 0.470. The molecule has 0 spiro atoms. The lowest BCUT2D eigenvalue weighted by atomic mass is 9.96. The summed E-state index contributed by atoms with van der Waals surface area (Å²) in [5.41, 5.74) is 5.59. The van der Waals surface area contributed by atoms with Gasteiger partial charge >= 0.3 is 0 Å². The minimum Gasteiger partial charge on any atom is -0.372 e. The van der Waals surface area contributed by atoms with E-state index in [0.29, 0.717) is 5.75 Å². The molecule has 1 aromatic rings. The molecule has 0 amide bonds. The van der Waals surface area contributed by atoms with Crippen LogP contribution in [0.1, 0.15) is 83.4 Å². The van der Waals surface area contributed by atoms with E-state index in [2.05, 4.69) is 44.7 Å². The molecule has 172 valence electrons. The predicted molar refractivity (Wildman–Crippen MR) is 128 cm³/mol. The van der Waals surface area contributed by atoms with Crippen LogP contribution >= 0.6 is 0 Å². The molecule has 1 aliphatic heterocycles. The number of unbranched alkanes of at least 4 members (excludes halogenated alkanes) is 4. The smallest absolute Gasteiger partial charge is 0.155 e. The molecule has 0 saturated carbocycles. The topological polar surface area (TPSA) is 46.6 Å². The minimum absolute atomic E-state index is 0.270. The van der Waals surface area contributed by atoms with Gasteiger partial charge in [0.2, 0.25) is 0 Å². The van der Waals surface area contributed by atoms with Crippen LogP contribution in [0, 0.1) is 13.8 Å². The molecule has 0 radical (unpaired) electrons. The Balaban J connectivity index is 1.79. The van der Waals surface area contributed by atoms with Crippen molar-refractivity contribution in [3.63, 3.8) is 0 Å². The second-order valence-corrected chi connectivity index (χ2v) is 13.0. The van der Waals surface area contributed by atoms with Gasteiger partial charge in [0.1, 0.15) is 0 Å². The van der Waals surface area contributed by atoms with E-state index in [4.69, 9.17) is 4.74 Å². The Morgan fingerprint density at radius 2 is 1.50 bits per heavy atom. The van der Waals surface area contributed by atoms with Gasteiger partial charge in [0, 0.05) is 18.8 Å². The number of rotatable bonds is 9. The lowest BCUT2D eigenvalue weighted by Crippen LogP contribution is -2.45.